The maximum Gasteiger partial charge on any atom is 0.323 e. The Kier molecular flexibility index (Phi) is 4.36. The highest BCUT2D eigenvalue weighted by Crippen LogP contribution is 2.25. The number of esters is 1. The summed E-state index contributed by atoms with van der Waals surface area (Å²) in [6.45, 7) is 1.51. The number of carbonyl (C=O) groups excluding carboxylic acids is 1. The maximum absolute atomic E-state index is 11.9. The van der Waals surface area contributed by atoms with Crippen LogP contribution in [0.5, 0.6) is 0 Å². The largest absolute Gasteiger partial charge is 0.468 e. The van der Waals surface area contributed by atoms with Crippen molar-refractivity contribution in [1.29, 1.82) is 0 Å². The molecule has 3 heterocycles. The number of likely N-dealkylation sites (tertiary alicyclic amines) is 1. The summed E-state index contributed by atoms with van der Waals surface area (Å²) in [6, 6.07) is 3.80. The van der Waals surface area contributed by atoms with Crippen molar-refractivity contribution >= 4 is 17.3 Å². The Labute approximate surface area is 127 Å². The van der Waals surface area contributed by atoms with Gasteiger partial charge in [0.05, 0.1) is 17.7 Å². The molecule has 0 amide bonds. The van der Waals surface area contributed by atoms with Gasteiger partial charge in [-0.2, -0.15) is 0 Å². The molecule has 0 radical (unpaired) electrons. The molecule has 0 spiro atoms. The van der Waals surface area contributed by atoms with E-state index in [9.17, 15) is 4.79 Å². The van der Waals surface area contributed by atoms with E-state index in [1.807, 2.05) is 17.5 Å². The van der Waals surface area contributed by atoms with Gasteiger partial charge in [-0.15, -0.1) is 11.3 Å². The molecule has 2 aromatic heterocycles. The number of hydrogen-bond donors (Lipinski definition) is 0. The van der Waals surface area contributed by atoms with Crippen LogP contribution in [0.15, 0.2) is 28.2 Å². The van der Waals surface area contributed by atoms with Crippen LogP contribution in [0.25, 0.3) is 10.8 Å². The van der Waals surface area contributed by atoms with Gasteiger partial charge in [0.1, 0.15) is 12.3 Å². The van der Waals surface area contributed by atoms with Crippen molar-refractivity contribution < 1.29 is 13.9 Å². The average Bonchev–Trinajstić information content (AvgIpc) is 3.18. The SMILES string of the molecule is COC(=O)[C@H]1CCCCN1Cc1coc(-c2cccs2)n1. The number of piperidine rings is 1. The van der Waals surface area contributed by atoms with E-state index in [0.29, 0.717) is 12.4 Å². The normalized spacial score (nSPS) is 19.6. The molecule has 112 valence electrons. The minimum absolute atomic E-state index is 0.156. The highest BCUT2D eigenvalue weighted by Gasteiger charge is 2.30. The number of thiophene rings is 1. The third kappa shape index (κ3) is 3.16. The Bertz CT molecular complexity index is 594. The molecular weight excluding hydrogens is 288 g/mol. The first-order valence-electron chi connectivity index (χ1n) is 7.08. The lowest BCUT2D eigenvalue weighted by atomic mass is 10.0. The lowest BCUT2D eigenvalue weighted by Crippen LogP contribution is -2.44. The van der Waals surface area contributed by atoms with Gasteiger partial charge in [0, 0.05) is 6.54 Å². The fourth-order valence-electron chi connectivity index (χ4n) is 2.68. The van der Waals surface area contributed by atoms with Crippen LogP contribution in [0.3, 0.4) is 0 Å². The lowest BCUT2D eigenvalue weighted by Gasteiger charge is -2.32. The van der Waals surface area contributed by atoms with Crippen molar-refractivity contribution in [2.75, 3.05) is 13.7 Å². The van der Waals surface area contributed by atoms with Gasteiger partial charge in [-0.3, -0.25) is 9.69 Å². The van der Waals surface area contributed by atoms with Gasteiger partial charge >= 0.3 is 5.97 Å². The topological polar surface area (TPSA) is 55.6 Å². The molecule has 2 aromatic rings. The minimum Gasteiger partial charge on any atom is -0.468 e. The van der Waals surface area contributed by atoms with Gasteiger partial charge in [0.25, 0.3) is 0 Å². The molecule has 1 aliphatic rings. The van der Waals surface area contributed by atoms with Gasteiger partial charge < -0.3 is 9.15 Å². The highest BCUT2D eigenvalue weighted by molar-refractivity contribution is 7.13. The van der Waals surface area contributed by atoms with Crippen molar-refractivity contribution in [3.63, 3.8) is 0 Å². The minimum atomic E-state index is -0.161. The summed E-state index contributed by atoms with van der Waals surface area (Å²) in [7, 11) is 1.44. The highest BCUT2D eigenvalue weighted by atomic mass is 32.1. The number of methoxy groups -OCH3 is 1. The second-order valence-electron chi connectivity index (χ2n) is 5.13. The van der Waals surface area contributed by atoms with E-state index in [1.165, 1.54) is 7.11 Å². The monoisotopic (exact) mass is 306 g/mol. The van der Waals surface area contributed by atoms with Crippen LogP contribution in [0.2, 0.25) is 0 Å². The van der Waals surface area contributed by atoms with Crippen LogP contribution in [-0.4, -0.2) is 35.5 Å². The van der Waals surface area contributed by atoms with Crippen LogP contribution >= 0.6 is 11.3 Å². The first kappa shape index (κ1) is 14.3. The molecule has 1 fully saturated rings. The predicted octanol–water partition coefficient (Wildman–Crippen LogP) is 2.93. The van der Waals surface area contributed by atoms with Crippen molar-refractivity contribution in [2.45, 2.75) is 31.8 Å². The summed E-state index contributed by atoms with van der Waals surface area (Å²) in [6.07, 6.45) is 4.69. The van der Waals surface area contributed by atoms with Gasteiger partial charge in [0.15, 0.2) is 0 Å². The van der Waals surface area contributed by atoms with Crippen molar-refractivity contribution in [2.24, 2.45) is 0 Å². The molecule has 0 unspecified atom stereocenters. The molecular formula is C15H18N2O3S. The molecule has 0 saturated carbocycles. The molecule has 0 bridgehead atoms. The summed E-state index contributed by atoms with van der Waals surface area (Å²) in [5.41, 5.74) is 0.856. The van der Waals surface area contributed by atoms with Crippen LogP contribution < -0.4 is 0 Å². The summed E-state index contributed by atoms with van der Waals surface area (Å²) >= 11 is 1.60. The number of rotatable bonds is 4. The van der Waals surface area contributed by atoms with Crippen molar-refractivity contribution in [3.05, 3.63) is 29.5 Å². The molecule has 1 saturated heterocycles. The van der Waals surface area contributed by atoms with E-state index >= 15 is 0 Å². The van der Waals surface area contributed by atoms with Gasteiger partial charge in [-0.05, 0) is 30.8 Å². The van der Waals surface area contributed by atoms with Crippen molar-refractivity contribution in [1.82, 2.24) is 9.88 Å². The number of ether oxygens (including phenoxy) is 1. The number of nitrogens with zero attached hydrogens (tertiary/aromatic N) is 2. The first-order valence-corrected chi connectivity index (χ1v) is 7.96. The van der Waals surface area contributed by atoms with E-state index in [2.05, 4.69) is 9.88 Å². The van der Waals surface area contributed by atoms with Crippen LogP contribution in [0, 0.1) is 0 Å². The maximum atomic E-state index is 11.9. The quantitative estimate of drug-likeness (QED) is 0.813. The average molecular weight is 306 g/mol. The second-order valence-corrected chi connectivity index (χ2v) is 6.07. The van der Waals surface area contributed by atoms with E-state index in [4.69, 9.17) is 9.15 Å². The van der Waals surface area contributed by atoms with Gasteiger partial charge in [0.2, 0.25) is 5.89 Å². The molecule has 3 rings (SSSR count). The van der Waals surface area contributed by atoms with Gasteiger partial charge in [-0.1, -0.05) is 12.5 Å². The standard InChI is InChI=1S/C15H18N2O3S/c1-19-15(18)12-5-2-3-7-17(12)9-11-10-20-14(16-11)13-6-4-8-21-13/h4,6,8,10,12H,2-3,5,7,9H2,1H3/t12-/m1/s1. The molecule has 0 aliphatic carbocycles. The Balaban J connectivity index is 1.71. The number of carbonyl (C=O) groups is 1. The van der Waals surface area contributed by atoms with Crippen molar-refractivity contribution in [3.8, 4) is 10.8 Å². The Morgan fingerprint density at radius 2 is 2.48 bits per heavy atom. The number of hydrogen-bond acceptors (Lipinski definition) is 6. The van der Waals surface area contributed by atoms with E-state index < -0.39 is 0 Å². The molecule has 5 nitrogen and oxygen atoms in total. The van der Waals surface area contributed by atoms with Crippen LogP contribution in [-0.2, 0) is 16.1 Å². The Morgan fingerprint density at radius 3 is 3.24 bits per heavy atom. The third-order valence-electron chi connectivity index (χ3n) is 3.74. The summed E-state index contributed by atoms with van der Waals surface area (Å²) in [4.78, 5) is 19.5. The zero-order valence-corrected chi connectivity index (χ0v) is 12.8. The summed E-state index contributed by atoms with van der Waals surface area (Å²) in [5.74, 6) is 0.489. The second kappa shape index (κ2) is 6.41. The first-order chi connectivity index (χ1) is 10.3. The summed E-state index contributed by atoms with van der Waals surface area (Å²) in [5, 5.41) is 2.00. The molecule has 0 N–H and O–H groups in total. The zero-order valence-electron chi connectivity index (χ0n) is 11.9. The van der Waals surface area contributed by atoms with Crippen LogP contribution in [0.1, 0.15) is 25.0 Å². The smallest absolute Gasteiger partial charge is 0.323 e. The Morgan fingerprint density at radius 1 is 1.57 bits per heavy atom. The van der Waals surface area contributed by atoms with Gasteiger partial charge in [-0.25, -0.2) is 4.98 Å². The summed E-state index contributed by atoms with van der Waals surface area (Å²) < 4.78 is 10.4. The molecule has 1 aliphatic heterocycles. The lowest BCUT2D eigenvalue weighted by molar-refractivity contribution is -0.148. The predicted molar refractivity (Wildman–Crippen MR) is 79.9 cm³/mol. The van der Waals surface area contributed by atoms with E-state index in [-0.39, 0.29) is 12.0 Å². The third-order valence-corrected chi connectivity index (χ3v) is 4.59. The molecule has 0 aromatic carbocycles. The zero-order chi connectivity index (χ0) is 14.7. The van der Waals surface area contributed by atoms with E-state index in [0.717, 1.165) is 36.4 Å². The van der Waals surface area contributed by atoms with Crippen LogP contribution in [0.4, 0.5) is 0 Å². The fraction of sp³-hybridized carbons (Fsp3) is 0.467. The van der Waals surface area contributed by atoms with E-state index in [1.54, 1.807) is 17.6 Å². The number of oxazole rings is 1. The molecule has 6 heteroatoms. The number of aromatic nitrogens is 1. The molecule has 1 atom stereocenters. The molecule has 21 heavy (non-hydrogen) atoms. The Hall–Kier alpha value is -1.66. The fourth-order valence-corrected chi connectivity index (χ4v) is 3.34.